The van der Waals surface area contributed by atoms with Crippen LogP contribution >= 0.6 is 0 Å². The molecule has 0 bridgehead atoms. The summed E-state index contributed by atoms with van der Waals surface area (Å²) in [6.45, 7) is 5.42. The molecule has 2 aromatic carbocycles. The van der Waals surface area contributed by atoms with Gasteiger partial charge in [-0.25, -0.2) is 0 Å². The number of hydrogen-bond acceptors (Lipinski definition) is 5. The van der Waals surface area contributed by atoms with Crippen LogP contribution in [0.1, 0.15) is 44.1 Å². The van der Waals surface area contributed by atoms with Crippen LogP contribution in [0, 0.1) is 0 Å². The fraction of sp³-hybridized carbons (Fsp3) is 0.375. The van der Waals surface area contributed by atoms with E-state index < -0.39 is 0 Å². The molecule has 1 aromatic heterocycles. The lowest BCUT2D eigenvalue weighted by atomic mass is 10.1. The third-order valence-corrected chi connectivity index (χ3v) is 5.32. The predicted octanol–water partition coefficient (Wildman–Crippen LogP) is 4.47. The Bertz CT molecular complexity index is 967. The first kappa shape index (κ1) is 20.1. The number of aromatic nitrogens is 2. The lowest BCUT2D eigenvalue weighted by molar-refractivity contribution is -0.130. The Kier molecular flexibility index (Phi) is 6.12. The molecule has 0 radical (unpaired) electrons. The van der Waals surface area contributed by atoms with Crippen molar-refractivity contribution < 1.29 is 14.1 Å². The second-order valence-electron chi connectivity index (χ2n) is 7.99. The Morgan fingerprint density at radius 3 is 2.63 bits per heavy atom. The number of benzene rings is 2. The first-order valence-electron chi connectivity index (χ1n) is 10.5. The van der Waals surface area contributed by atoms with E-state index in [0.717, 1.165) is 30.7 Å². The standard InChI is InChI=1S/C24H27N3O3/c1-17(2)24-25-23(26-30-24)19-9-11-20(12-10-19)29-21-14-15-27(16-21)22(28)13-8-18-6-4-3-5-7-18/h3-7,9-12,17,21H,8,13-16H2,1-2H3. The lowest BCUT2D eigenvalue weighted by Gasteiger charge is -2.17. The molecule has 1 aliphatic rings. The number of carbonyl (C=O) groups is 1. The summed E-state index contributed by atoms with van der Waals surface area (Å²) in [5, 5.41) is 4.04. The topological polar surface area (TPSA) is 68.5 Å². The van der Waals surface area contributed by atoms with Gasteiger partial charge in [-0.15, -0.1) is 0 Å². The van der Waals surface area contributed by atoms with Crippen molar-refractivity contribution in [3.8, 4) is 17.1 Å². The van der Waals surface area contributed by atoms with E-state index in [4.69, 9.17) is 9.26 Å². The summed E-state index contributed by atoms with van der Waals surface area (Å²) in [5.74, 6) is 2.40. The molecule has 30 heavy (non-hydrogen) atoms. The third kappa shape index (κ3) is 4.87. The quantitative estimate of drug-likeness (QED) is 0.580. The Labute approximate surface area is 176 Å². The van der Waals surface area contributed by atoms with Crippen molar-refractivity contribution in [2.24, 2.45) is 0 Å². The summed E-state index contributed by atoms with van der Waals surface area (Å²) in [6, 6.07) is 17.8. The molecule has 0 saturated carbocycles. The van der Waals surface area contributed by atoms with Crippen LogP contribution in [0.3, 0.4) is 0 Å². The van der Waals surface area contributed by atoms with Gasteiger partial charge in [-0.05, 0) is 36.2 Å². The van der Waals surface area contributed by atoms with Gasteiger partial charge in [0.05, 0.1) is 6.54 Å². The summed E-state index contributed by atoms with van der Waals surface area (Å²) < 4.78 is 11.4. The van der Waals surface area contributed by atoms with E-state index in [1.165, 1.54) is 5.56 Å². The maximum absolute atomic E-state index is 12.5. The van der Waals surface area contributed by atoms with Crippen LogP contribution in [0.25, 0.3) is 11.4 Å². The minimum atomic E-state index is 0.0224. The van der Waals surface area contributed by atoms with Gasteiger partial charge in [0.15, 0.2) is 0 Å². The number of nitrogens with zero attached hydrogens (tertiary/aromatic N) is 3. The highest BCUT2D eigenvalue weighted by atomic mass is 16.5. The Hall–Kier alpha value is -3.15. The Balaban J connectivity index is 1.28. The van der Waals surface area contributed by atoms with E-state index in [1.807, 2.05) is 61.2 Å². The van der Waals surface area contributed by atoms with Gasteiger partial charge in [-0.3, -0.25) is 4.79 Å². The molecular formula is C24H27N3O3. The van der Waals surface area contributed by atoms with Crippen LogP contribution < -0.4 is 4.74 Å². The molecule has 1 aliphatic heterocycles. The van der Waals surface area contributed by atoms with Crippen molar-refractivity contribution in [2.75, 3.05) is 13.1 Å². The molecule has 0 N–H and O–H groups in total. The molecule has 1 fully saturated rings. The normalized spacial score (nSPS) is 16.2. The Morgan fingerprint density at radius 2 is 1.93 bits per heavy atom. The molecular weight excluding hydrogens is 378 g/mol. The SMILES string of the molecule is CC(C)c1nc(-c2ccc(OC3CCN(C(=O)CCc4ccccc4)C3)cc2)no1. The maximum atomic E-state index is 12.5. The van der Waals surface area contributed by atoms with E-state index in [2.05, 4.69) is 22.3 Å². The van der Waals surface area contributed by atoms with Crippen LogP contribution in [-0.4, -0.2) is 40.1 Å². The summed E-state index contributed by atoms with van der Waals surface area (Å²) in [7, 11) is 0. The summed E-state index contributed by atoms with van der Waals surface area (Å²) in [5.41, 5.74) is 2.09. The highest BCUT2D eigenvalue weighted by Crippen LogP contribution is 2.24. The molecule has 156 valence electrons. The smallest absolute Gasteiger partial charge is 0.229 e. The van der Waals surface area contributed by atoms with Crippen molar-refractivity contribution in [3.05, 3.63) is 66.1 Å². The predicted molar refractivity (Wildman–Crippen MR) is 114 cm³/mol. The average molecular weight is 405 g/mol. The minimum Gasteiger partial charge on any atom is -0.489 e. The minimum absolute atomic E-state index is 0.0224. The van der Waals surface area contributed by atoms with Gasteiger partial charge in [-0.2, -0.15) is 4.98 Å². The molecule has 2 heterocycles. The van der Waals surface area contributed by atoms with E-state index in [9.17, 15) is 4.79 Å². The van der Waals surface area contributed by atoms with Gasteiger partial charge in [0, 0.05) is 30.9 Å². The molecule has 4 rings (SSSR count). The van der Waals surface area contributed by atoms with Gasteiger partial charge in [0.1, 0.15) is 11.9 Å². The van der Waals surface area contributed by atoms with E-state index in [0.29, 0.717) is 24.7 Å². The third-order valence-electron chi connectivity index (χ3n) is 5.32. The molecule has 6 nitrogen and oxygen atoms in total. The van der Waals surface area contributed by atoms with E-state index >= 15 is 0 Å². The number of carbonyl (C=O) groups excluding carboxylic acids is 1. The maximum Gasteiger partial charge on any atom is 0.229 e. The van der Waals surface area contributed by atoms with Crippen LogP contribution in [0.2, 0.25) is 0 Å². The molecule has 6 heteroatoms. The van der Waals surface area contributed by atoms with Crippen molar-refractivity contribution in [1.29, 1.82) is 0 Å². The van der Waals surface area contributed by atoms with E-state index in [-0.39, 0.29) is 17.9 Å². The average Bonchev–Trinajstić information content (AvgIpc) is 3.44. The zero-order chi connectivity index (χ0) is 20.9. The number of aryl methyl sites for hydroxylation is 1. The lowest BCUT2D eigenvalue weighted by Crippen LogP contribution is -2.31. The van der Waals surface area contributed by atoms with Crippen molar-refractivity contribution in [1.82, 2.24) is 15.0 Å². The van der Waals surface area contributed by atoms with Crippen LogP contribution in [0.5, 0.6) is 5.75 Å². The zero-order valence-corrected chi connectivity index (χ0v) is 17.5. The number of likely N-dealkylation sites (tertiary alicyclic amines) is 1. The van der Waals surface area contributed by atoms with Crippen molar-refractivity contribution >= 4 is 5.91 Å². The summed E-state index contributed by atoms with van der Waals surface area (Å²) in [6.07, 6.45) is 2.18. The highest BCUT2D eigenvalue weighted by Gasteiger charge is 2.27. The zero-order valence-electron chi connectivity index (χ0n) is 17.5. The number of amides is 1. The monoisotopic (exact) mass is 405 g/mol. The Morgan fingerprint density at radius 1 is 1.17 bits per heavy atom. The van der Waals surface area contributed by atoms with Crippen LogP contribution in [-0.2, 0) is 11.2 Å². The van der Waals surface area contributed by atoms with Gasteiger partial charge >= 0.3 is 0 Å². The number of ether oxygens (including phenoxy) is 1. The van der Waals surface area contributed by atoms with Crippen molar-refractivity contribution in [2.45, 2.75) is 45.1 Å². The molecule has 0 aliphatic carbocycles. The second-order valence-corrected chi connectivity index (χ2v) is 7.99. The number of rotatable bonds is 7. The fourth-order valence-electron chi connectivity index (χ4n) is 3.57. The van der Waals surface area contributed by atoms with Crippen molar-refractivity contribution in [3.63, 3.8) is 0 Å². The second kappa shape index (κ2) is 9.11. The van der Waals surface area contributed by atoms with Gasteiger partial charge in [0.25, 0.3) is 0 Å². The molecule has 3 aromatic rings. The largest absolute Gasteiger partial charge is 0.489 e. The number of hydrogen-bond donors (Lipinski definition) is 0. The molecule has 0 spiro atoms. The first-order chi connectivity index (χ1) is 14.6. The van der Waals surface area contributed by atoms with Crippen LogP contribution in [0.15, 0.2) is 59.1 Å². The fourth-order valence-corrected chi connectivity index (χ4v) is 3.57. The van der Waals surface area contributed by atoms with Crippen LogP contribution in [0.4, 0.5) is 0 Å². The van der Waals surface area contributed by atoms with Gasteiger partial charge in [-0.1, -0.05) is 49.3 Å². The molecule has 1 atom stereocenters. The molecule has 1 amide bonds. The molecule has 1 saturated heterocycles. The van der Waals surface area contributed by atoms with E-state index in [1.54, 1.807) is 0 Å². The van der Waals surface area contributed by atoms with Gasteiger partial charge < -0.3 is 14.2 Å². The first-order valence-corrected chi connectivity index (χ1v) is 10.5. The molecule has 1 unspecified atom stereocenters. The highest BCUT2D eigenvalue weighted by molar-refractivity contribution is 5.76. The summed E-state index contributed by atoms with van der Waals surface area (Å²) >= 11 is 0. The summed E-state index contributed by atoms with van der Waals surface area (Å²) in [4.78, 5) is 18.8. The van der Waals surface area contributed by atoms with Gasteiger partial charge in [0.2, 0.25) is 17.6 Å².